The van der Waals surface area contributed by atoms with E-state index in [0.29, 0.717) is 12.6 Å². The van der Waals surface area contributed by atoms with Crippen molar-refractivity contribution in [3.63, 3.8) is 0 Å². The standard InChI is InChI=1S/C20H34FN5O/c1-5-25-10-12-26(13-11-25)16(2)14-23-20(22-4)24-15-17(3)27-19-9-7-6-8-18(19)21/h6-9,16-17H,5,10-15H2,1-4H3,(H2,22,23,24). The Balaban J connectivity index is 1.70. The first-order valence-electron chi connectivity index (χ1n) is 9.85. The first-order valence-corrected chi connectivity index (χ1v) is 9.85. The number of nitrogens with zero attached hydrogens (tertiary/aromatic N) is 3. The van der Waals surface area contributed by atoms with Crippen molar-refractivity contribution in [2.24, 2.45) is 4.99 Å². The van der Waals surface area contributed by atoms with E-state index in [-0.39, 0.29) is 17.7 Å². The first-order chi connectivity index (χ1) is 13.0. The molecule has 1 aliphatic rings. The van der Waals surface area contributed by atoms with Gasteiger partial charge < -0.3 is 20.3 Å². The Bertz CT molecular complexity index is 589. The Labute approximate surface area is 162 Å². The van der Waals surface area contributed by atoms with Crippen molar-refractivity contribution in [2.75, 3.05) is 52.9 Å². The second kappa shape index (κ2) is 11.1. The number of guanidine groups is 1. The van der Waals surface area contributed by atoms with Crippen molar-refractivity contribution in [1.29, 1.82) is 0 Å². The van der Waals surface area contributed by atoms with Gasteiger partial charge in [-0.2, -0.15) is 0 Å². The third-order valence-corrected chi connectivity index (χ3v) is 4.99. The molecule has 2 N–H and O–H groups in total. The molecular weight excluding hydrogens is 345 g/mol. The summed E-state index contributed by atoms with van der Waals surface area (Å²) >= 11 is 0. The van der Waals surface area contributed by atoms with Crippen LogP contribution in [-0.4, -0.2) is 80.8 Å². The fraction of sp³-hybridized carbons (Fsp3) is 0.650. The predicted octanol–water partition coefficient (Wildman–Crippen LogP) is 1.78. The molecule has 0 bridgehead atoms. The van der Waals surface area contributed by atoms with E-state index in [1.807, 2.05) is 6.92 Å². The molecule has 0 spiro atoms. The van der Waals surface area contributed by atoms with Gasteiger partial charge in [0.15, 0.2) is 17.5 Å². The van der Waals surface area contributed by atoms with Crippen LogP contribution in [0.15, 0.2) is 29.3 Å². The van der Waals surface area contributed by atoms with Gasteiger partial charge in [0.2, 0.25) is 0 Å². The third kappa shape index (κ3) is 6.99. The lowest BCUT2D eigenvalue weighted by atomic mass is 10.2. The summed E-state index contributed by atoms with van der Waals surface area (Å²) in [5.74, 6) is 0.663. The molecule has 0 radical (unpaired) electrons. The van der Waals surface area contributed by atoms with Crippen LogP contribution < -0.4 is 15.4 Å². The summed E-state index contributed by atoms with van der Waals surface area (Å²) < 4.78 is 19.3. The predicted molar refractivity (Wildman–Crippen MR) is 109 cm³/mol. The van der Waals surface area contributed by atoms with Gasteiger partial charge in [-0.05, 0) is 32.5 Å². The van der Waals surface area contributed by atoms with Crippen molar-refractivity contribution < 1.29 is 9.13 Å². The molecule has 0 saturated carbocycles. The summed E-state index contributed by atoms with van der Waals surface area (Å²) in [5, 5.41) is 6.62. The number of aliphatic imine (C=N–C) groups is 1. The summed E-state index contributed by atoms with van der Waals surface area (Å²) in [7, 11) is 1.75. The van der Waals surface area contributed by atoms with E-state index in [0.717, 1.165) is 45.2 Å². The minimum absolute atomic E-state index is 0.181. The fourth-order valence-electron chi connectivity index (χ4n) is 3.15. The van der Waals surface area contributed by atoms with Crippen LogP contribution in [-0.2, 0) is 0 Å². The number of nitrogens with one attached hydrogen (secondary N) is 2. The van der Waals surface area contributed by atoms with Gasteiger partial charge in [-0.25, -0.2) is 4.39 Å². The molecule has 0 aliphatic carbocycles. The van der Waals surface area contributed by atoms with Crippen LogP contribution in [0.5, 0.6) is 5.75 Å². The monoisotopic (exact) mass is 379 g/mol. The number of ether oxygens (including phenoxy) is 1. The quantitative estimate of drug-likeness (QED) is 0.533. The van der Waals surface area contributed by atoms with Crippen LogP contribution in [0.1, 0.15) is 20.8 Å². The maximum atomic E-state index is 13.7. The van der Waals surface area contributed by atoms with Gasteiger partial charge >= 0.3 is 0 Å². The van der Waals surface area contributed by atoms with Gasteiger partial charge in [-0.15, -0.1) is 0 Å². The van der Waals surface area contributed by atoms with E-state index in [1.54, 1.807) is 25.2 Å². The Morgan fingerprint density at radius 1 is 1.15 bits per heavy atom. The van der Waals surface area contributed by atoms with Gasteiger partial charge in [0.05, 0.1) is 6.54 Å². The second-order valence-electron chi connectivity index (χ2n) is 7.01. The molecule has 7 heteroatoms. The highest BCUT2D eigenvalue weighted by Crippen LogP contribution is 2.16. The molecule has 1 aromatic carbocycles. The van der Waals surface area contributed by atoms with Crippen LogP contribution in [0, 0.1) is 5.82 Å². The third-order valence-electron chi connectivity index (χ3n) is 4.99. The van der Waals surface area contributed by atoms with Crippen LogP contribution in [0.3, 0.4) is 0 Å². The molecule has 2 unspecified atom stereocenters. The summed E-state index contributed by atoms with van der Waals surface area (Å²) in [6.07, 6.45) is -0.181. The van der Waals surface area contributed by atoms with Gasteiger partial charge in [0.1, 0.15) is 6.10 Å². The van der Waals surface area contributed by atoms with Crippen LogP contribution >= 0.6 is 0 Å². The van der Waals surface area contributed by atoms with E-state index < -0.39 is 0 Å². The van der Waals surface area contributed by atoms with E-state index >= 15 is 0 Å². The number of likely N-dealkylation sites (N-methyl/N-ethyl adjacent to an activating group) is 1. The van der Waals surface area contributed by atoms with Crippen molar-refractivity contribution in [2.45, 2.75) is 32.9 Å². The number of benzene rings is 1. The van der Waals surface area contributed by atoms with Gasteiger partial charge in [-0.3, -0.25) is 9.89 Å². The first kappa shape index (κ1) is 21.4. The second-order valence-corrected chi connectivity index (χ2v) is 7.01. The molecule has 152 valence electrons. The van der Waals surface area contributed by atoms with E-state index in [9.17, 15) is 4.39 Å². The Kier molecular flexibility index (Phi) is 8.81. The Hall–Kier alpha value is -1.86. The van der Waals surface area contributed by atoms with Gasteiger partial charge in [-0.1, -0.05) is 19.1 Å². The highest BCUT2D eigenvalue weighted by atomic mass is 19.1. The van der Waals surface area contributed by atoms with Crippen molar-refractivity contribution >= 4 is 5.96 Å². The van der Waals surface area contributed by atoms with Crippen molar-refractivity contribution in [1.82, 2.24) is 20.4 Å². The Morgan fingerprint density at radius 2 is 1.81 bits per heavy atom. The molecule has 27 heavy (non-hydrogen) atoms. The number of halogens is 1. The molecule has 1 fully saturated rings. The zero-order valence-electron chi connectivity index (χ0n) is 17.0. The molecule has 6 nitrogen and oxygen atoms in total. The lowest BCUT2D eigenvalue weighted by molar-refractivity contribution is 0.107. The van der Waals surface area contributed by atoms with Crippen LogP contribution in [0.25, 0.3) is 0 Å². The molecule has 1 aliphatic heterocycles. The van der Waals surface area contributed by atoms with Gasteiger partial charge in [0, 0.05) is 45.8 Å². The summed E-state index contributed by atoms with van der Waals surface area (Å²) in [6.45, 7) is 13.3. The molecular formula is C20H34FN5O. The number of rotatable bonds is 8. The zero-order valence-corrected chi connectivity index (χ0v) is 17.0. The Morgan fingerprint density at radius 3 is 2.44 bits per heavy atom. The summed E-state index contributed by atoms with van der Waals surface area (Å²) in [4.78, 5) is 9.26. The minimum atomic E-state index is -0.344. The number of hydrogen-bond acceptors (Lipinski definition) is 4. The van der Waals surface area contributed by atoms with E-state index in [1.165, 1.54) is 6.07 Å². The van der Waals surface area contributed by atoms with Crippen molar-refractivity contribution in [3.05, 3.63) is 30.1 Å². The number of para-hydroxylation sites is 1. The fourth-order valence-corrected chi connectivity index (χ4v) is 3.15. The van der Waals surface area contributed by atoms with E-state index in [4.69, 9.17) is 4.74 Å². The summed E-state index contributed by atoms with van der Waals surface area (Å²) in [6, 6.07) is 6.90. The molecule has 1 saturated heterocycles. The maximum Gasteiger partial charge on any atom is 0.191 e. The lowest BCUT2D eigenvalue weighted by Gasteiger charge is -2.37. The van der Waals surface area contributed by atoms with Crippen LogP contribution in [0.2, 0.25) is 0 Å². The van der Waals surface area contributed by atoms with Crippen molar-refractivity contribution in [3.8, 4) is 5.75 Å². The average molecular weight is 380 g/mol. The molecule has 1 heterocycles. The zero-order chi connectivity index (χ0) is 19.6. The normalized spacial score (nSPS) is 18.8. The lowest BCUT2D eigenvalue weighted by Crippen LogP contribution is -2.53. The molecule has 0 aromatic heterocycles. The van der Waals surface area contributed by atoms with Gasteiger partial charge in [0.25, 0.3) is 0 Å². The average Bonchev–Trinajstić information content (AvgIpc) is 2.69. The minimum Gasteiger partial charge on any atom is -0.486 e. The van der Waals surface area contributed by atoms with E-state index in [2.05, 4.69) is 39.3 Å². The topological polar surface area (TPSA) is 52.1 Å². The number of hydrogen-bond donors (Lipinski definition) is 2. The maximum absolute atomic E-state index is 13.7. The molecule has 2 rings (SSSR count). The summed E-state index contributed by atoms with van der Waals surface area (Å²) in [5.41, 5.74) is 0. The molecule has 0 amide bonds. The molecule has 1 aromatic rings. The largest absolute Gasteiger partial charge is 0.486 e. The molecule has 2 atom stereocenters. The highest BCUT2D eigenvalue weighted by Gasteiger charge is 2.20. The van der Waals surface area contributed by atoms with Crippen LogP contribution in [0.4, 0.5) is 4.39 Å². The number of piperazine rings is 1. The SMILES string of the molecule is CCN1CCN(C(C)CNC(=NC)NCC(C)Oc2ccccc2F)CC1. The highest BCUT2D eigenvalue weighted by molar-refractivity contribution is 5.79. The smallest absolute Gasteiger partial charge is 0.191 e.